The summed E-state index contributed by atoms with van der Waals surface area (Å²) in [6.45, 7) is 4.70. The molecule has 1 aliphatic carbocycles. The highest BCUT2D eigenvalue weighted by Gasteiger charge is 2.36. The Balaban J connectivity index is 1.25. The van der Waals surface area contributed by atoms with E-state index in [1.165, 1.54) is 44.5 Å². The summed E-state index contributed by atoms with van der Waals surface area (Å²) >= 11 is 0. The van der Waals surface area contributed by atoms with Gasteiger partial charge in [0.25, 0.3) is 0 Å². The minimum absolute atomic E-state index is 0.125. The van der Waals surface area contributed by atoms with Crippen molar-refractivity contribution in [1.29, 1.82) is 0 Å². The fourth-order valence-electron chi connectivity index (χ4n) is 8.37. The van der Waals surface area contributed by atoms with E-state index in [1.54, 1.807) is 0 Å². The molecule has 0 saturated heterocycles. The van der Waals surface area contributed by atoms with Gasteiger partial charge >= 0.3 is 0 Å². The van der Waals surface area contributed by atoms with Crippen molar-refractivity contribution in [3.63, 3.8) is 0 Å². The van der Waals surface area contributed by atoms with Crippen LogP contribution >= 0.6 is 0 Å². The second-order valence-electron chi connectivity index (χ2n) is 14.1. The Morgan fingerprint density at radius 3 is 1.90 bits per heavy atom. The molecule has 0 amide bonds. The molecule has 0 fully saturated rings. The molecular weight excluding hydrogens is 619 g/mol. The molecule has 51 heavy (non-hydrogen) atoms. The van der Waals surface area contributed by atoms with E-state index in [0.717, 1.165) is 49.8 Å². The Kier molecular flexibility index (Phi) is 6.56. The lowest BCUT2D eigenvalue weighted by molar-refractivity contribution is 0.660. The van der Waals surface area contributed by atoms with Gasteiger partial charge < -0.3 is 9.32 Å². The van der Waals surface area contributed by atoms with Crippen LogP contribution in [0.1, 0.15) is 25.0 Å². The maximum atomic E-state index is 6.89. The van der Waals surface area contributed by atoms with Gasteiger partial charge in [-0.3, -0.25) is 0 Å². The lowest BCUT2D eigenvalue weighted by Crippen LogP contribution is -2.16. The number of fused-ring (bicyclic) bond motifs is 8. The van der Waals surface area contributed by atoms with Crippen LogP contribution in [-0.2, 0) is 5.41 Å². The lowest BCUT2D eigenvalue weighted by Gasteiger charge is -2.29. The predicted molar refractivity (Wildman–Crippen MR) is 214 cm³/mol. The molecule has 2 heteroatoms. The van der Waals surface area contributed by atoms with Gasteiger partial charge in [0.2, 0.25) is 0 Å². The van der Waals surface area contributed by atoms with Crippen LogP contribution in [0.3, 0.4) is 0 Å². The molecule has 1 heterocycles. The van der Waals surface area contributed by atoms with Crippen molar-refractivity contribution in [3.05, 3.63) is 187 Å². The Labute approximate surface area is 297 Å². The third kappa shape index (κ3) is 4.57. The number of nitrogens with zero attached hydrogens (tertiary/aromatic N) is 1. The van der Waals surface area contributed by atoms with Gasteiger partial charge in [0.1, 0.15) is 11.2 Å². The van der Waals surface area contributed by atoms with E-state index in [-0.39, 0.29) is 5.41 Å². The maximum Gasteiger partial charge on any atom is 0.145 e. The van der Waals surface area contributed by atoms with Crippen LogP contribution in [0.5, 0.6) is 0 Å². The third-order valence-corrected chi connectivity index (χ3v) is 10.9. The van der Waals surface area contributed by atoms with Crippen LogP contribution in [0.2, 0.25) is 0 Å². The Hall–Kier alpha value is -6.38. The zero-order valence-electron chi connectivity index (χ0n) is 28.6. The molecule has 0 N–H and O–H groups in total. The first-order valence-corrected chi connectivity index (χ1v) is 17.7. The maximum absolute atomic E-state index is 6.89. The molecule has 0 spiro atoms. The van der Waals surface area contributed by atoms with Crippen LogP contribution in [0.25, 0.3) is 66.1 Å². The molecule has 0 atom stereocenters. The summed E-state index contributed by atoms with van der Waals surface area (Å²) < 4.78 is 6.89. The van der Waals surface area contributed by atoms with Crippen molar-refractivity contribution in [2.24, 2.45) is 0 Å². The minimum atomic E-state index is -0.125. The highest BCUT2D eigenvalue weighted by Crippen LogP contribution is 2.52. The number of anilines is 3. The first-order chi connectivity index (χ1) is 25.1. The zero-order valence-corrected chi connectivity index (χ0v) is 28.6. The second kappa shape index (κ2) is 11.3. The molecule has 0 radical (unpaired) electrons. The molecule has 242 valence electrons. The van der Waals surface area contributed by atoms with E-state index in [1.807, 2.05) is 0 Å². The first kappa shape index (κ1) is 29.5. The second-order valence-corrected chi connectivity index (χ2v) is 14.1. The first-order valence-electron chi connectivity index (χ1n) is 17.7. The van der Waals surface area contributed by atoms with E-state index in [9.17, 15) is 0 Å². The molecule has 1 aromatic heterocycles. The molecule has 0 aliphatic heterocycles. The van der Waals surface area contributed by atoms with Crippen LogP contribution in [0.15, 0.2) is 180 Å². The molecular formula is C49H35NO. The molecule has 0 unspecified atom stereocenters. The van der Waals surface area contributed by atoms with E-state index >= 15 is 0 Å². The predicted octanol–water partition coefficient (Wildman–Crippen LogP) is 13.8. The highest BCUT2D eigenvalue weighted by molar-refractivity contribution is 6.24. The number of para-hydroxylation sites is 1. The van der Waals surface area contributed by atoms with Gasteiger partial charge in [0.05, 0.1) is 5.69 Å². The van der Waals surface area contributed by atoms with E-state index in [0.29, 0.717) is 0 Å². The molecule has 9 aromatic rings. The quantitative estimate of drug-likeness (QED) is 0.184. The van der Waals surface area contributed by atoms with Crippen molar-refractivity contribution < 1.29 is 4.42 Å². The third-order valence-electron chi connectivity index (χ3n) is 10.9. The smallest absolute Gasteiger partial charge is 0.145 e. The monoisotopic (exact) mass is 653 g/mol. The Morgan fingerprint density at radius 1 is 0.451 bits per heavy atom. The van der Waals surface area contributed by atoms with Gasteiger partial charge in [-0.25, -0.2) is 0 Å². The fraction of sp³-hybridized carbons (Fsp3) is 0.0612. The molecule has 8 aromatic carbocycles. The Morgan fingerprint density at radius 2 is 1.10 bits per heavy atom. The molecule has 1 aliphatic rings. The van der Waals surface area contributed by atoms with Gasteiger partial charge in [-0.2, -0.15) is 0 Å². The minimum Gasteiger partial charge on any atom is -0.455 e. The summed E-state index contributed by atoms with van der Waals surface area (Å²) in [4.78, 5) is 2.42. The summed E-state index contributed by atoms with van der Waals surface area (Å²) in [6.07, 6.45) is 0. The van der Waals surface area contributed by atoms with Crippen molar-refractivity contribution in [2.45, 2.75) is 19.3 Å². The number of rotatable bonds is 5. The van der Waals surface area contributed by atoms with Crippen molar-refractivity contribution in [3.8, 4) is 33.4 Å². The molecule has 0 bridgehead atoms. The zero-order chi connectivity index (χ0) is 34.1. The van der Waals surface area contributed by atoms with Gasteiger partial charge in [-0.1, -0.05) is 147 Å². The average molecular weight is 654 g/mol. The van der Waals surface area contributed by atoms with Crippen LogP contribution in [0.4, 0.5) is 17.1 Å². The van der Waals surface area contributed by atoms with Gasteiger partial charge in [-0.05, 0) is 92.4 Å². The van der Waals surface area contributed by atoms with Gasteiger partial charge in [-0.15, -0.1) is 0 Å². The average Bonchev–Trinajstić information content (AvgIpc) is 3.68. The summed E-state index contributed by atoms with van der Waals surface area (Å²) in [5.74, 6) is 0. The van der Waals surface area contributed by atoms with Crippen molar-refractivity contribution in [1.82, 2.24) is 0 Å². The Bertz CT molecular complexity index is 2760. The standard InChI is InChI=1S/C49H35NO/c1-49(2)42-21-11-9-19-38(42)39-29-28-37(31-43(39)49)50(36-26-24-33(25-27-36)32-14-5-3-6-15-32)44-22-13-18-35-30-41(34-16-7-4-8-17-34)47-40-20-10-12-23-45(40)51-48(47)46(35)44/h3-31H,1-2H3. The molecule has 10 rings (SSSR count). The van der Waals surface area contributed by atoms with E-state index in [4.69, 9.17) is 4.42 Å². The molecule has 2 nitrogen and oxygen atoms in total. The number of hydrogen-bond acceptors (Lipinski definition) is 2. The number of hydrogen-bond donors (Lipinski definition) is 0. The summed E-state index contributed by atoms with van der Waals surface area (Å²) in [5, 5.41) is 4.50. The fourth-order valence-corrected chi connectivity index (χ4v) is 8.37. The van der Waals surface area contributed by atoms with Gasteiger partial charge in [0, 0.05) is 32.9 Å². The van der Waals surface area contributed by atoms with E-state index < -0.39 is 0 Å². The van der Waals surface area contributed by atoms with Crippen LogP contribution in [-0.4, -0.2) is 0 Å². The van der Waals surface area contributed by atoms with Crippen molar-refractivity contribution in [2.75, 3.05) is 4.90 Å². The SMILES string of the molecule is CC1(C)c2ccccc2-c2ccc(N(c3ccc(-c4ccccc4)cc3)c3cccc4cc(-c5ccccc5)c5c6ccccc6oc5c34)cc21. The number of benzene rings is 8. The number of furan rings is 1. The summed E-state index contributed by atoms with van der Waals surface area (Å²) in [6, 6.07) is 63.5. The van der Waals surface area contributed by atoms with Crippen LogP contribution in [0, 0.1) is 0 Å². The largest absolute Gasteiger partial charge is 0.455 e. The topological polar surface area (TPSA) is 16.4 Å². The van der Waals surface area contributed by atoms with Gasteiger partial charge in [0.15, 0.2) is 0 Å². The lowest BCUT2D eigenvalue weighted by atomic mass is 9.82. The van der Waals surface area contributed by atoms with E-state index in [2.05, 4.69) is 195 Å². The van der Waals surface area contributed by atoms with Crippen molar-refractivity contribution >= 4 is 49.8 Å². The summed E-state index contributed by atoms with van der Waals surface area (Å²) in [5.41, 5.74) is 15.1. The summed E-state index contributed by atoms with van der Waals surface area (Å²) in [7, 11) is 0. The molecule has 0 saturated carbocycles. The normalized spacial score (nSPS) is 13.1. The van der Waals surface area contributed by atoms with Crippen LogP contribution < -0.4 is 4.90 Å². The highest BCUT2D eigenvalue weighted by atomic mass is 16.3.